The first-order chi connectivity index (χ1) is 12.2. The van der Waals surface area contributed by atoms with Crippen LogP contribution >= 0.6 is 0 Å². The predicted molar refractivity (Wildman–Crippen MR) is 89.9 cm³/mol. The Labute approximate surface area is 145 Å². The molecule has 3 nitrogen and oxygen atoms in total. The van der Waals surface area contributed by atoms with Crippen molar-refractivity contribution >= 4 is 5.69 Å². The molecule has 0 radical (unpaired) electrons. The first-order valence-electron chi connectivity index (χ1n) is 8.50. The van der Waals surface area contributed by atoms with Crippen LogP contribution in [0.5, 0.6) is 0 Å². The summed E-state index contributed by atoms with van der Waals surface area (Å²) < 4.78 is 33.1. The van der Waals surface area contributed by atoms with Gasteiger partial charge in [-0.15, -0.1) is 0 Å². The number of benzene rings is 2. The maximum atomic E-state index is 13.7. The van der Waals surface area contributed by atoms with Crippen LogP contribution in [-0.2, 0) is 11.2 Å². The molecule has 2 aliphatic rings. The Morgan fingerprint density at radius 3 is 2.84 bits per heavy atom. The summed E-state index contributed by atoms with van der Waals surface area (Å²) in [5.74, 6) is -1.52. The van der Waals surface area contributed by atoms with E-state index in [0.717, 1.165) is 35.2 Å². The van der Waals surface area contributed by atoms with Crippen LogP contribution in [0.15, 0.2) is 36.4 Å². The van der Waals surface area contributed by atoms with Crippen molar-refractivity contribution in [2.45, 2.75) is 31.4 Å². The molecule has 2 aromatic rings. The van der Waals surface area contributed by atoms with Gasteiger partial charge in [-0.05, 0) is 42.2 Å². The first-order valence-corrected chi connectivity index (χ1v) is 8.50. The van der Waals surface area contributed by atoms with E-state index in [9.17, 15) is 8.78 Å². The normalized spacial score (nSPS) is 24.6. The maximum absolute atomic E-state index is 13.7. The van der Waals surface area contributed by atoms with E-state index in [1.165, 1.54) is 12.1 Å². The lowest BCUT2D eigenvalue weighted by Gasteiger charge is -2.43. The third-order valence-electron chi connectivity index (χ3n) is 5.12. The van der Waals surface area contributed by atoms with E-state index in [2.05, 4.69) is 11.4 Å². The molecule has 2 aromatic carbocycles. The molecule has 0 bridgehead atoms. The molecular formula is C20H18F2N2O. The quantitative estimate of drug-likeness (QED) is 0.864. The molecule has 1 N–H and O–H groups in total. The van der Waals surface area contributed by atoms with Gasteiger partial charge in [0, 0.05) is 23.8 Å². The number of hydrogen-bond acceptors (Lipinski definition) is 3. The summed E-state index contributed by atoms with van der Waals surface area (Å²) in [7, 11) is 0. The van der Waals surface area contributed by atoms with Gasteiger partial charge < -0.3 is 10.1 Å². The SMILES string of the molecule is N#CCc1ccc2c(c1)C1OCCCC1C(c1ccc(F)c(F)c1)N2. The Morgan fingerprint density at radius 2 is 2.04 bits per heavy atom. The summed E-state index contributed by atoms with van der Waals surface area (Å²) in [5, 5.41) is 12.4. The number of halogens is 2. The van der Waals surface area contributed by atoms with Crippen LogP contribution in [0.1, 0.15) is 41.7 Å². The molecule has 1 saturated heterocycles. The molecule has 0 saturated carbocycles. The minimum atomic E-state index is -0.836. The highest BCUT2D eigenvalue weighted by Gasteiger charge is 2.40. The second-order valence-corrected chi connectivity index (χ2v) is 6.65. The molecule has 3 unspecified atom stereocenters. The minimum Gasteiger partial charge on any atom is -0.378 e. The highest BCUT2D eigenvalue weighted by molar-refractivity contribution is 5.58. The maximum Gasteiger partial charge on any atom is 0.159 e. The minimum absolute atomic E-state index is 0.0956. The van der Waals surface area contributed by atoms with Crippen molar-refractivity contribution in [3.8, 4) is 6.07 Å². The fraction of sp³-hybridized carbons (Fsp3) is 0.350. The Balaban J connectivity index is 1.75. The molecule has 3 atom stereocenters. The third-order valence-corrected chi connectivity index (χ3v) is 5.12. The number of fused-ring (bicyclic) bond motifs is 3. The van der Waals surface area contributed by atoms with Crippen LogP contribution in [0.4, 0.5) is 14.5 Å². The molecule has 0 spiro atoms. The Hall–Kier alpha value is -2.45. The van der Waals surface area contributed by atoms with Crippen LogP contribution < -0.4 is 5.32 Å². The van der Waals surface area contributed by atoms with Crippen LogP contribution in [0, 0.1) is 28.9 Å². The summed E-state index contributed by atoms with van der Waals surface area (Å²) in [6.45, 7) is 0.688. The monoisotopic (exact) mass is 340 g/mol. The number of nitriles is 1. The van der Waals surface area contributed by atoms with Gasteiger partial charge in [-0.3, -0.25) is 0 Å². The number of ether oxygens (including phenoxy) is 1. The zero-order valence-electron chi connectivity index (χ0n) is 13.6. The summed E-state index contributed by atoms with van der Waals surface area (Å²) in [6.07, 6.45) is 2.15. The smallest absolute Gasteiger partial charge is 0.159 e. The average molecular weight is 340 g/mol. The fourth-order valence-corrected chi connectivity index (χ4v) is 3.96. The van der Waals surface area contributed by atoms with Crippen molar-refractivity contribution in [2.24, 2.45) is 5.92 Å². The number of hydrogen-bond donors (Lipinski definition) is 1. The number of anilines is 1. The van der Waals surface area contributed by atoms with Gasteiger partial charge in [-0.2, -0.15) is 5.26 Å². The standard InChI is InChI=1S/C20H18F2N2O/c21-16-5-4-13(11-17(16)22)19-14-2-1-9-25-20(14)15-10-12(7-8-23)3-6-18(15)24-19/h3-6,10-11,14,19-20,24H,1-2,7,9H2. The van der Waals surface area contributed by atoms with Gasteiger partial charge in [0.05, 0.1) is 24.6 Å². The van der Waals surface area contributed by atoms with Crippen molar-refractivity contribution in [2.75, 3.05) is 11.9 Å². The molecule has 128 valence electrons. The van der Waals surface area contributed by atoms with E-state index in [-0.39, 0.29) is 18.1 Å². The molecular weight excluding hydrogens is 322 g/mol. The van der Waals surface area contributed by atoms with Crippen molar-refractivity contribution in [1.29, 1.82) is 5.26 Å². The van der Waals surface area contributed by atoms with E-state index in [1.54, 1.807) is 6.07 Å². The van der Waals surface area contributed by atoms with Gasteiger partial charge >= 0.3 is 0 Å². The summed E-state index contributed by atoms with van der Waals surface area (Å²) >= 11 is 0. The molecule has 25 heavy (non-hydrogen) atoms. The van der Waals surface area contributed by atoms with E-state index in [1.807, 2.05) is 18.2 Å². The first kappa shape index (κ1) is 16.0. The van der Waals surface area contributed by atoms with E-state index >= 15 is 0 Å². The molecule has 5 heteroatoms. The zero-order chi connectivity index (χ0) is 17.4. The van der Waals surface area contributed by atoms with Gasteiger partial charge in [0.25, 0.3) is 0 Å². The Morgan fingerprint density at radius 1 is 1.16 bits per heavy atom. The van der Waals surface area contributed by atoms with Gasteiger partial charge in [-0.1, -0.05) is 18.2 Å². The molecule has 1 fully saturated rings. The van der Waals surface area contributed by atoms with Crippen LogP contribution in [-0.4, -0.2) is 6.61 Å². The van der Waals surface area contributed by atoms with Crippen molar-refractivity contribution in [3.63, 3.8) is 0 Å². The Kier molecular flexibility index (Phi) is 4.14. The highest BCUT2D eigenvalue weighted by atomic mass is 19.2. The summed E-state index contributed by atoms with van der Waals surface area (Å²) in [5.41, 5.74) is 3.67. The van der Waals surface area contributed by atoms with Crippen molar-refractivity contribution in [3.05, 3.63) is 64.7 Å². The van der Waals surface area contributed by atoms with Crippen molar-refractivity contribution in [1.82, 2.24) is 0 Å². The van der Waals surface area contributed by atoms with E-state index in [0.29, 0.717) is 13.0 Å². The lowest BCUT2D eigenvalue weighted by Crippen LogP contribution is -2.36. The summed E-state index contributed by atoms with van der Waals surface area (Å²) in [6, 6.07) is 12.0. The topological polar surface area (TPSA) is 45.0 Å². The highest BCUT2D eigenvalue weighted by Crippen LogP contribution is 2.49. The second-order valence-electron chi connectivity index (χ2n) is 6.65. The van der Waals surface area contributed by atoms with Crippen LogP contribution in [0.2, 0.25) is 0 Å². The molecule has 2 heterocycles. The van der Waals surface area contributed by atoms with Gasteiger partial charge in [0.15, 0.2) is 11.6 Å². The molecule has 4 rings (SSSR count). The molecule has 0 aromatic heterocycles. The van der Waals surface area contributed by atoms with Gasteiger partial charge in [-0.25, -0.2) is 8.78 Å². The van der Waals surface area contributed by atoms with E-state index < -0.39 is 11.6 Å². The Bertz CT molecular complexity index is 846. The largest absolute Gasteiger partial charge is 0.378 e. The third kappa shape index (κ3) is 2.87. The number of nitrogens with one attached hydrogen (secondary N) is 1. The zero-order valence-corrected chi connectivity index (χ0v) is 13.6. The van der Waals surface area contributed by atoms with Crippen LogP contribution in [0.3, 0.4) is 0 Å². The predicted octanol–water partition coefficient (Wildman–Crippen LogP) is 4.67. The average Bonchev–Trinajstić information content (AvgIpc) is 2.64. The molecule has 0 amide bonds. The lowest BCUT2D eigenvalue weighted by atomic mass is 9.77. The second kappa shape index (κ2) is 6.45. The summed E-state index contributed by atoms with van der Waals surface area (Å²) in [4.78, 5) is 0. The van der Waals surface area contributed by atoms with Crippen molar-refractivity contribution < 1.29 is 13.5 Å². The number of nitrogens with zero attached hydrogens (tertiary/aromatic N) is 1. The van der Waals surface area contributed by atoms with E-state index in [4.69, 9.17) is 10.00 Å². The molecule has 0 aliphatic carbocycles. The lowest BCUT2D eigenvalue weighted by molar-refractivity contribution is -0.0382. The number of rotatable bonds is 2. The van der Waals surface area contributed by atoms with Gasteiger partial charge in [0.2, 0.25) is 0 Å². The van der Waals surface area contributed by atoms with Gasteiger partial charge in [0.1, 0.15) is 0 Å². The molecule has 2 aliphatic heterocycles. The fourth-order valence-electron chi connectivity index (χ4n) is 3.96. The van der Waals surface area contributed by atoms with Crippen LogP contribution in [0.25, 0.3) is 0 Å².